The van der Waals surface area contributed by atoms with Crippen LogP contribution in [0.4, 0.5) is 5.69 Å². The number of hydrogen-bond acceptors (Lipinski definition) is 6. The second kappa shape index (κ2) is 14.4. The SMILES string of the molecule is COc1ccc([C@@H]2C(C(=O)Nc3ccc(C)cc3C)=C(C)N=c3s/c(=C\c4cc(C)n(-c5ccc(OCc6ccccc6)cc5)c4C)c(=O)n32)cc1. The molecule has 0 bridgehead atoms. The van der Waals surface area contributed by atoms with Gasteiger partial charge in [-0.15, -0.1) is 0 Å². The summed E-state index contributed by atoms with van der Waals surface area (Å²) in [5.41, 5.74) is 9.39. The van der Waals surface area contributed by atoms with Crippen molar-refractivity contribution in [1.82, 2.24) is 9.13 Å². The normalized spacial score (nSPS) is 14.2. The summed E-state index contributed by atoms with van der Waals surface area (Å²) in [6, 6.07) is 32.9. The zero-order valence-electron chi connectivity index (χ0n) is 30.1. The first-order valence-corrected chi connectivity index (χ1v) is 17.9. The van der Waals surface area contributed by atoms with E-state index in [-0.39, 0.29) is 11.5 Å². The molecule has 0 unspecified atom stereocenters. The molecule has 0 saturated heterocycles. The first kappa shape index (κ1) is 34.5. The summed E-state index contributed by atoms with van der Waals surface area (Å²) in [5, 5.41) is 3.09. The average Bonchev–Trinajstić information content (AvgIpc) is 3.60. The van der Waals surface area contributed by atoms with Crippen LogP contribution in [-0.4, -0.2) is 22.2 Å². The number of carbonyl (C=O) groups is 1. The number of nitrogens with zero attached hydrogens (tertiary/aromatic N) is 3. The Morgan fingerprint density at radius 3 is 2.29 bits per heavy atom. The molecule has 1 atom stereocenters. The maximum atomic E-state index is 14.4. The van der Waals surface area contributed by atoms with Crippen LogP contribution in [0, 0.1) is 27.7 Å². The Balaban J connectivity index is 1.24. The fourth-order valence-corrected chi connectivity index (χ4v) is 7.80. The molecule has 6 aromatic rings. The Bertz CT molecular complexity index is 2510. The lowest BCUT2D eigenvalue weighted by molar-refractivity contribution is -0.113. The van der Waals surface area contributed by atoms with Crippen molar-refractivity contribution < 1.29 is 14.3 Å². The summed E-state index contributed by atoms with van der Waals surface area (Å²) in [7, 11) is 1.61. The maximum Gasteiger partial charge on any atom is 0.271 e. The highest BCUT2D eigenvalue weighted by atomic mass is 32.1. The zero-order chi connectivity index (χ0) is 36.5. The third kappa shape index (κ3) is 6.75. The highest BCUT2D eigenvalue weighted by molar-refractivity contribution is 7.07. The number of carbonyl (C=O) groups excluding carboxylic acids is 1. The Hall–Kier alpha value is -5.93. The first-order valence-electron chi connectivity index (χ1n) is 17.1. The lowest BCUT2D eigenvalue weighted by Gasteiger charge is -2.25. The third-order valence-electron chi connectivity index (χ3n) is 9.43. The summed E-state index contributed by atoms with van der Waals surface area (Å²) >= 11 is 1.33. The Kier molecular flexibility index (Phi) is 9.53. The molecule has 2 aromatic heterocycles. The summed E-state index contributed by atoms with van der Waals surface area (Å²) in [5.74, 6) is 1.17. The molecule has 262 valence electrons. The van der Waals surface area contributed by atoms with E-state index in [0.717, 1.165) is 50.6 Å². The van der Waals surface area contributed by atoms with Gasteiger partial charge in [-0.1, -0.05) is 71.5 Å². The molecular formula is C43H40N4O4S. The lowest BCUT2D eigenvalue weighted by atomic mass is 9.95. The van der Waals surface area contributed by atoms with Crippen LogP contribution in [-0.2, 0) is 11.4 Å². The quantitative estimate of drug-likeness (QED) is 0.169. The number of anilines is 1. The van der Waals surface area contributed by atoms with E-state index in [0.29, 0.717) is 38.6 Å². The number of hydrogen-bond donors (Lipinski definition) is 1. The molecule has 9 heteroatoms. The number of fused-ring (bicyclic) bond motifs is 1. The van der Waals surface area contributed by atoms with Gasteiger partial charge in [-0.25, -0.2) is 4.99 Å². The first-order chi connectivity index (χ1) is 25.1. The molecular weight excluding hydrogens is 669 g/mol. The van der Waals surface area contributed by atoms with Crippen molar-refractivity contribution >= 4 is 29.0 Å². The predicted octanol–water partition coefficient (Wildman–Crippen LogP) is 7.49. The number of aromatic nitrogens is 2. The minimum absolute atomic E-state index is 0.210. The zero-order valence-corrected chi connectivity index (χ0v) is 30.9. The number of nitrogens with one attached hydrogen (secondary N) is 1. The number of rotatable bonds is 9. The van der Waals surface area contributed by atoms with Crippen molar-refractivity contribution in [2.45, 2.75) is 47.3 Å². The number of thiazole rings is 1. The van der Waals surface area contributed by atoms with Crippen LogP contribution in [0.15, 0.2) is 124 Å². The molecule has 7 rings (SSSR count). The van der Waals surface area contributed by atoms with Gasteiger partial charge in [0.1, 0.15) is 18.1 Å². The van der Waals surface area contributed by atoms with Gasteiger partial charge < -0.3 is 19.4 Å². The average molecular weight is 709 g/mol. The highest BCUT2D eigenvalue weighted by Crippen LogP contribution is 2.32. The minimum Gasteiger partial charge on any atom is -0.497 e. The largest absolute Gasteiger partial charge is 0.497 e. The lowest BCUT2D eigenvalue weighted by Crippen LogP contribution is -2.40. The molecule has 1 amide bonds. The van der Waals surface area contributed by atoms with E-state index in [1.165, 1.54) is 11.3 Å². The molecule has 1 N–H and O–H groups in total. The molecule has 0 saturated carbocycles. The Labute approximate surface area is 306 Å². The monoisotopic (exact) mass is 708 g/mol. The number of benzene rings is 4. The molecule has 3 heterocycles. The summed E-state index contributed by atoms with van der Waals surface area (Å²) in [6.07, 6.45) is 1.93. The molecule has 0 radical (unpaired) electrons. The van der Waals surface area contributed by atoms with E-state index < -0.39 is 6.04 Å². The van der Waals surface area contributed by atoms with Crippen LogP contribution in [0.25, 0.3) is 11.8 Å². The van der Waals surface area contributed by atoms with Crippen LogP contribution in [0.3, 0.4) is 0 Å². The van der Waals surface area contributed by atoms with Gasteiger partial charge in [0.05, 0.1) is 29.0 Å². The van der Waals surface area contributed by atoms with Crippen LogP contribution < -0.4 is 29.7 Å². The molecule has 1 aliphatic heterocycles. The fraction of sp³-hybridized carbons (Fsp3) is 0.186. The van der Waals surface area contributed by atoms with Gasteiger partial charge in [0.2, 0.25) is 0 Å². The van der Waals surface area contributed by atoms with Gasteiger partial charge >= 0.3 is 0 Å². The summed E-state index contributed by atoms with van der Waals surface area (Å²) < 4.78 is 15.8. The highest BCUT2D eigenvalue weighted by Gasteiger charge is 2.33. The number of methoxy groups -OCH3 is 1. The van der Waals surface area contributed by atoms with E-state index in [2.05, 4.69) is 29.8 Å². The van der Waals surface area contributed by atoms with E-state index in [9.17, 15) is 9.59 Å². The Morgan fingerprint density at radius 2 is 1.60 bits per heavy atom. The van der Waals surface area contributed by atoms with Crippen molar-refractivity contribution in [1.29, 1.82) is 0 Å². The predicted molar refractivity (Wildman–Crippen MR) is 207 cm³/mol. The molecule has 1 aliphatic rings. The van der Waals surface area contributed by atoms with E-state index in [1.807, 2.05) is 124 Å². The van der Waals surface area contributed by atoms with Crippen LogP contribution in [0.5, 0.6) is 11.5 Å². The van der Waals surface area contributed by atoms with Gasteiger partial charge in [-0.3, -0.25) is 14.2 Å². The number of allylic oxidation sites excluding steroid dienone is 1. The second-order valence-corrected chi connectivity index (χ2v) is 14.1. The fourth-order valence-electron chi connectivity index (χ4n) is 6.76. The Morgan fingerprint density at radius 1 is 0.885 bits per heavy atom. The van der Waals surface area contributed by atoms with Gasteiger partial charge in [-0.2, -0.15) is 0 Å². The van der Waals surface area contributed by atoms with Gasteiger partial charge in [-0.05, 0) is 111 Å². The van der Waals surface area contributed by atoms with Crippen molar-refractivity contribution in [3.8, 4) is 17.2 Å². The molecule has 8 nitrogen and oxygen atoms in total. The molecule has 0 fully saturated rings. The van der Waals surface area contributed by atoms with Crippen LogP contribution in [0.1, 0.15) is 52.2 Å². The van der Waals surface area contributed by atoms with Crippen LogP contribution >= 0.6 is 11.3 Å². The maximum absolute atomic E-state index is 14.4. The summed E-state index contributed by atoms with van der Waals surface area (Å²) in [6.45, 7) is 10.4. The van der Waals surface area contributed by atoms with Crippen molar-refractivity contribution in [3.05, 3.63) is 173 Å². The van der Waals surface area contributed by atoms with Crippen molar-refractivity contribution in [3.63, 3.8) is 0 Å². The van der Waals surface area contributed by atoms with Crippen molar-refractivity contribution in [2.75, 3.05) is 12.4 Å². The van der Waals surface area contributed by atoms with E-state index in [1.54, 1.807) is 11.7 Å². The minimum atomic E-state index is -0.690. The second-order valence-electron chi connectivity index (χ2n) is 13.1. The third-order valence-corrected chi connectivity index (χ3v) is 10.4. The van der Waals surface area contributed by atoms with Crippen LogP contribution in [0.2, 0.25) is 0 Å². The molecule has 0 aliphatic carbocycles. The molecule has 52 heavy (non-hydrogen) atoms. The summed E-state index contributed by atoms with van der Waals surface area (Å²) in [4.78, 5) is 33.9. The number of amides is 1. The smallest absolute Gasteiger partial charge is 0.271 e. The molecule has 0 spiro atoms. The topological polar surface area (TPSA) is 86.8 Å². The van der Waals surface area contributed by atoms with E-state index in [4.69, 9.17) is 14.5 Å². The van der Waals surface area contributed by atoms with Gasteiger partial charge in [0.25, 0.3) is 11.5 Å². The van der Waals surface area contributed by atoms with Crippen molar-refractivity contribution in [2.24, 2.45) is 4.99 Å². The standard InChI is InChI=1S/C43H40N4O4S/c1-26-12-21-37(27(2)22-26)45-41(48)39-29(4)44-43-47(40(39)32-13-17-35(50-6)18-14-32)42(49)38(52-43)24-33-23-28(3)46(30(33)5)34-15-19-36(20-16-34)51-25-31-10-8-7-9-11-31/h7-24,40H,25H2,1-6H3,(H,45,48)/b38-24-/t40-/m1/s1. The number of ether oxygens (including phenoxy) is 2. The van der Waals surface area contributed by atoms with Gasteiger partial charge in [0.15, 0.2) is 4.80 Å². The van der Waals surface area contributed by atoms with E-state index >= 15 is 0 Å². The number of aryl methyl sites for hydroxylation is 3. The molecule has 4 aromatic carbocycles. The van der Waals surface area contributed by atoms with Gasteiger partial charge in [0, 0.05) is 22.8 Å².